The molecule has 6 heteroatoms. The van der Waals surface area contributed by atoms with Crippen LogP contribution < -0.4 is 0 Å². The maximum atomic E-state index is 11.6. The summed E-state index contributed by atoms with van der Waals surface area (Å²) in [5.41, 5.74) is 0.544. The van der Waals surface area contributed by atoms with Crippen LogP contribution in [0.1, 0.15) is 13.8 Å². The summed E-state index contributed by atoms with van der Waals surface area (Å²) in [7, 11) is 0. The Hall–Kier alpha value is -2.24. The lowest BCUT2D eigenvalue weighted by Gasteiger charge is -2.31. The second-order valence-corrected chi connectivity index (χ2v) is 4.21. The SMILES string of the molecule is CC1(C)OC(=O)C(/C=N/c2cccnc2)C(=O)O1. The van der Waals surface area contributed by atoms with E-state index in [1.54, 1.807) is 18.3 Å². The van der Waals surface area contributed by atoms with Gasteiger partial charge in [-0.2, -0.15) is 0 Å². The van der Waals surface area contributed by atoms with Gasteiger partial charge in [0.1, 0.15) is 0 Å². The number of pyridine rings is 1. The molecule has 0 saturated carbocycles. The predicted octanol–water partition coefficient (Wildman–Crippen LogP) is 1.24. The molecule has 2 rings (SSSR count). The van der Waals surface area contributed by atoms with Gasteiger partial charge in [0.2, 0.25) is 0 Å². The Morgan fingerprint density at radius 2 is 2.00 bits per heavy atom. The summed E-state index contributed by atoms with van der Waals surface area (Å²) in [6.45, 7) is 2.99. The third-order valence-electron chi connectivity index (χ3n) is 2.22. The van der Waals surface area contributed by atoms with E-state index in [9.17, 15) is 9.59 Å². The van der Waals surface area contributed by atoms with E-state index in [-0.39, 0.29) is 0 Å². The molecular weight excluding hydrogens is 236 g/mol. The average molecular weight is 248 g/mol. The smallest absolute Gasteiger partial charge is 0.329 e. The molecular formula is C12H12N2O4. The number of carbonyl (C=O) groups is 2. The standard InChI is InChI=1S/C12H12N2O4/c1-12(2)17-10(15)9(11(16)18-12)7-14-8-4-3-5-13-6-8/h3-7,9H,1-2H3/b14-7+. The molecule has 1 saturated heterocycles. The van der Waals surface area contributed by atoms with Gasteiger partial charge >= 0.3 is 11.9 Å². The summed E-state index contributed by atoms with van der Waals surface area (Å²) in [5.74, 6) is -3.67. The molecule has 1 aliphatic rings. The highest BCUT2D eigenvalue weighted by atomic mass is 16.7. The molecule has 0 amide bonds. The number of ether oxygens (including phenoxy) is 2. The Morgan fingerprint density at radius 1 is 1.33 bits per heavy atom. The number of nitrogens with zero attached hydrogens (tertiary/aromatic N) is 2. The molecule has 0 spiro atoms. The Morgan fingerprint density at radius 3 is 2.56 bits per heavy atom. The van der Waals surface area contributed by atoms with Crippen molar-refractivity contribution in [1.82, 2.24) is 4.98 Å². The van der Waals surface area contributed by atoms with Crippen LogP contribution in [0.2, 0.25) is 0 Å². The van der Waals surface area contributed by atoms with Crippen LogP contribution in [0.5, 0.6) is 0 Å². The predicted molar refractivity (Wildman–Crippen MR) is 62.1 cm³/mol. The van der Waals surface area contributed by atoms with E-state index in [1.807, 2.05) is 0 Å². The molecule has 0 atom stereocenters. The molecule has 1 aliphatic heterocycles. The third kappa shape index (κ3) is 2.71. The molecule has 0 N–H and O–H groups in total. The minimum atomic E-state index is -1.22. The minimum absolute atomic E-state index is 0.544. The van der Waals surface area contributed by atoms with Crippen molar-refractivity contribution in [2.24, 2.45) is 10.9 Å². The number of hydrogen-bond donors (Lipinski definition) is 0. The maximum Gasteiger partial charge on any atom is 0.329 e. The fraction of sp³-hybridized carbons (Fsp3) is 0.333. The van der Waals surface area contributed by atoms with E-state index < -0.39 is 23.6 Å². The van der Waals surface area contributed by atoms with Crippen LogP contribution in [0.3, 0.4) is 0 Å². The summed E-state index contributed by atoms with van der Waals surface area (Å²) < 4.78 is 9.91. The first-order valence-corrected chi connectivity index (χ1v) is 5.38. The van der Waals surface area contributed by atoms with Crippen LogP contribution in [0.4, 0.5) is 5.69 Å². The van der Waals surface area contributed by atoms with E-state index in [0.717, 1.165) is 0 Å². The zero-order chi connectivity index (χ0) is 13.2. The Bertz CT molecular complexity index is 476. The normalized spacial score (nSPS) is 19.7. The average Bonchev–Trinajstić information content (AvgIpc) is 2.27. The Kier molecular flexibility index (Phi) is 3.10. The number of hydrogen-bond acceptors (Lipinski definition) is 6. The van der Waals surface area contributed by atoms with Gasteiger partial charge in [0.05, 0.1) is 11.9 Å². The van der Waals surface area contributed by atoms with E-state index in [0.29, 0.717) is 5.69 Å². The quantitative estimate of drug-likeness (QED) is 0.447. The highest BCUT2D eigenvalue weighted by molar-refractivity contribution is 6.10. The number of carbonyl (C=O) groups excluding carboxylic acids is 2. The number of aliphatic imine (C=N–C) groups is 1. The number of cyclic esters (lactones) is 2. The molecule has 0 aliphatic carbocycles. The molecule has 1 aromatic rings. The van der Waals surface area contributed by atoms with E-state index >= 15 is 0 Å². The second-order valence-electron chi connectivity index (χ2n) is 4.21. The zero-order valence-corrected chi connectivity index (χ0v) is 9.99. The summed E-state index contributed by atoms with van der Waals surface area (Å²) in [4.78, 5) is 31.1. The van der Waals surface area contributed by atoms with E-state index in [1.165, 1.54) is 26.3 Å². The molecule has 94 valence electrons. The fourth-order valence-corrected chi connectivity index (χ4v) is 1.44. The summed E-state index contributed by atoms with van der Waals surface area (Å²) in [6.07, 6.45) is 4.32. The van der Waals surface area contributed by atoms with Crippen molar-refractivity contribution >= 4 is 23.8 Å². The summed E-state index contributed by atoms with van der Waals surface area (Å²) in [5, 5.41) is 0. The first kappa shape index (κ1) is 12.2. The zero-order valence-electron chi connectivity index (χ0n) is 9.99. The number of esters is 2. The van der Waals surface area contributed by atoms with Crippen LogP contribution in [0, 0.1) is 5.92 Å². The van der Waals surface area contributed by atoms with Crippen molar-refractivity contribution < 1.29 is 19.1 Å². The highest BCUT2D eigenvalue weighted by Gasteiger charge is 2.42. The van der Waals surface area contributed by atoms with Crippen molar-refractivity contribution in [2.75, 3.05) is 0 Å². The first-order valence-electron chi connectivity index (χ1n) is 5.38. The van der Waals surface area contributed by atoms with Crippen LogP contribution in [-0.4, -0.2) is 28.9 Å². The van der Waals surface area contributed by atoms with E-state index in [2.05, 4.69) is 9.98 Å². The third-order valence-corrected chi connectivity index (χ3v) is 2.22. The van der Waals surface area contributed by atoms with Gasteiger partial charge in [0.15, 0.2) is 5.92 Å². The molecule has 2 heterocycles. The van der Waals surface area contributed by atoms with Crippen molar-refractivity contribution in [3.05, 3.63) is 24.5 Å². The molecule has 18 heavy (non-hydrogen) atoms. The lowest BCUT2D eigenvalue weighted by atomic mass is 10.1. The molecule has 0 bridgehead atoms. The monoisotopic (exact) mass is 248 g/mol. The van der Waals surface area contributed by atoms with E-state index in [4.69, 9.17) is 9.47 Å². The maximum absolute atomic E-state index is 11.6. The highest BCUT2D eigenvalue weighted by Crippen LogP contribution is 2.22. The van der Waals surface area contributed by atoms with Crippen LogP contribution in [-0.2, 0) is 19.1 Å². The van der Waals surface area contributed by atoms with Crippen molar-refractivity contribution in [2.45, 2.75) is 19.6 Å². The van der Waals surface area contributed by atoms with Crippen molar-refractivity contribution in [3.8, 4) is 0 Å². The van der Waals surface area contributed by atoms with Crippen LogP contribution in [0.25, 0.3) is 0 Å². The van der Waals surface area contributed by atoms with Gasteiger partial charge in [-0.25, -0.2) is 0 Å². The number of rotatable bonds is 2. The first-order chi connectivity index (χ1) is 8.48. The second kappa shape index (κ2) is 4.56. The lowest BCUT2D eigenvalue weighted by Crippen LogP contribution is -2.46. The van der Waals surface area contributed by atoms with Gasteiger partial charge in [-0.3, -0.25) is 19.6 Å². The topological polar surface area (TPSA) is 77.9 Å². The van der Waals surface area contributed by atoms with Gasteiger partial charge in [-0.1, -0.05) is 0 Å². The minimum Gasteiger partial charge on any atom is -0.422 e. The Labute approximate surface area is 104 Å². The summed E-state index contributed by atoms with van der Waals surface area (Å²) in [6, 6.07) is 3.40. The van der Waals surface area contributed by atoms with Crippen molar-refractivity contribution in [1.29, 1.82) is 0 Å². The van der Waals surface area contributed by atoms with Crippen molar-refractivity contribution in [3.63, 3.8) is 0 Å². The van der Waals surface area contributed by atoms with Gasteiger partial charge in [-0.15, -0.1) is 0 Å². The Balaban J connectivity index is 2.13. The molecule has 1 aromatic heterocycles. The lowest BCUT2D eigenvalue weighted by molar-refractivity contribution is -0.235. The van der Waals surface area contributed by atoms with Crippen LogP contribution >= 0.6 is 0 Å². The molecule has 6 nitrogen and oxygen atoms in total. The molecule has 0 aromatic carbocycles. The van der Waals surface area contributed by atoms with Gasteiger partial charge in [0, 0.05) is 26.3 Å². The van der Waals surface area contributed by atoms with Gasteiger partial charge in [0.25, 0.3) is 5.79 Å². The number of aromatic nitrogens is 1. The van der Waals surface area contributed by atoms with Crippen LogP contribution in [0.15, 0.2) is 29.5 Å². The largest absolute Gasteiger partial charge is 0.422 e. The molecule has 0 unspecified atom stereocenters. The fourth-order valence-electron chi connectivity index (χ4n) is 1.44. The van der Waals surface area contributed by atoms with Gasteiger partial charge < -0.3 is 9.47 Å². The summed E-state index contributed by atoms with van der Waals surface area (Å²) >= 11 is 0. The molecule has 1 fully saturated rings. The van der Waals surface area contributed by atoms with Gasteiger partial charge in [-0.05, 0) is 12.1 Å². The molecule has 0 radical (unpaired) electrons.